The molecule has 1 unspecified atom stereocenters. The quantitative estimate of drug-likeness (QED) is 0.848. The van der Waals surface area contributed by atoms with Crippen LogP contribution in [0.15, 0.2) is 24.3 Å². The molecule has 0 aliphatic carbocycles. The number of amides is 1. The lowest BCUT2D eigenvalue weighted by molar-refractivity contribution is -0.120. The van der Waals surface area contributed by atoms with E-state index < -0.39 is 10.0 Å². The van der Waals surface area contributed by atoms with Gasteiger partial charge in [0.1, 0.15) is 6.54 Å². The Balaban J connectivity index is 2.02. The Bertz CT molecular complexity index is 624. The minimum Gasteiger partial charge on any atom is -0.376 e. The number of carbonyl (C=O) groups is 1. The highest BCUT2D eigenvalue weighted by atomic mass is 32.2. The Morgan fingerprint density at radius 1 is 1.45 bits per heavy atom. The molecule has 1 aliphatic rings. The largest absolute Gasteiger partial charge is 0.376 e. The van der Waals surface area contributed by atoms with E-state index in [0.29, 0.717) is 12.2 Å². The van der Waals surface area contributed by atoms with Gasteiger partial charge in [0.15, 0.2) is 0 Å². The Kier molecular flexibility index (Phi) is 5.42. The highest BCUT2D eigenvalue weighted by molar-refractivity contribution is 7.92. The summed E-state index contributed by atoms with van der Waals surface area (Å²) in [5, 5.41) is 2.74. The van der Waals surface area contributed by atoms with Crippen LogP contribution >= 0.6 is 0 Å². The number of hydrogen-bond donors (Lipinski definition) is 1. The Morgan fingerprint density at radius 2 is 2.23 bits per heavy atom. The number of nitrogens with one attached hydrogen (secondary N) is 1. The zero-order valence-corrected chi connectivity index (χ0v) is 13.7. The predicted octanol–water partition coefficient (Wildman–Crippen LogP) is 1.06. The molecule has 1 N–H and O–H groups in total. The van der Waals surface area contributed by atoms with E-state index in [0.717, 1.165) is 35.6 Å². The second kappa shape index (κ2) is 7.11. The van der Waals surface area contributed by atoms with Crippen LogP contribution in [0.2, 0.25) is 0 Å². The number of benzene rings is 1. The van der Waals surface area contributed by atoms with Crippen molar-refractivity contribution in [2.75, 3.05) is 30.3 Å². The van der Waals surface area contributed by atoms with Gasteiger partial charge in [-0.2, -0.15) is 0 Å². The smallest absolute Gasteiger partial charge is 0.240 e. The van der Waals surface area contributed by atoms with E-state index in [1.54, 1.807) is 18.2 Å². The standard InChI is InChI=1S/C15H22N2O4S/c1-12-5-3-6-13(9-12)17(22(2,19)20)11-15(18)16-10-14-7-4-8-21-14/h3,5-6,9,14H,4,7-8,10-11H2,1-2H3,(H,16,18). The summed E-state index contributed by atoms with van der Waals surface area (Å²) in [5.74, 6) is -0.331. The van der Waals surface area contributed by atoms with Crippen LogP contribution < -0.4 is 9.62 Å². The van der Waals surface area contributed by atoms with Crippen LogP contribution in [-0.4, -0.2) is 46.4 Å². The van der Waals surface area contributed by atoms with Gasteiger partial charge in [0, 0.05) is 13.2 Å². The molecule has 1 aromatic carbocycles. The van der Waals surface area contributed by atoms with Gasteiger partial charge in [-0.05, 0) is 37.5 Å². The molecule has 1 amide bonds. The number of carbonyl (C=O) groups excluding carboxylic acids is 1. The van der Waals surface area contributed by atoms with E-state index >= 15 is 0 Å². The topological polar surface area (TPSA) is 75.7 Å². The summed E-state index contributed by atoms with van der Waals surface area (Å²) in [6.07, 6.45) is 3.06. The molecule has 1 fully saturated rings. The summed E-state index contributed by atoms with van der Waals surface area (Å²) in [5.41, 5.74) is 1.43. The second-order valence-corrected chi connectivity index (χ2v) is 7.45. The molecular weight excluding hydrogens is 304 g/mol. The summed E-state index contributed by atoms with van der Waals surface area (Å²) < 4.78 is 30.5. The third-order valence-electron chi connectivity index (χ3n) is 3.53. The molecule has 0 radical (unpaired) electrons. The minimum atomic E-state index is -3.53. The highest BCUT2D eigenvalue weighted by Crippen LogP contribution is 2.18. The first-order valence-corrected chi connectivity index (χ1v) is 9.14. The molecular formula is C15H22N2O4S. The van der Waals surface area contributed by atoms with E-state index in [9.17, 15) is 13.2 Å². The molecule has 0 bridgehead atoms. The SMILES string of the molecule is Cc1cccc(N(CC(=O)NCC2CCCO2)S(C)(=O)=O)c1. The van der Waals surface area contributed by atoms with Crippen molar-refractivity contribution in [3.8, 4) is 0 Å². The average Bonchev–Trinajstić information content (AvgIpc) is 2.94. The van der Waals surface area contributed by atoms with Crippen LogP contribution in [0.1, 0.15) is 18.4 Å². The maximum atomic E-state index is 12.0. The van der Waals surface area contributed by atoms with Gasteiger partial charge in [0.05, 0.1) is 18.0 Å². The normalized spacial score (nSPS) is 18.2. The van der Waals surface area contributed by atoms with Crippen LogP contribution in [0.25, 0.3) is 0 Å². The maximum Gasteiger partial charge on any atom is 0.240 e. The molecule has 1 heterocycles. The van der Waals surface area contributed by atoms with Crippen molar-refractivity contribution >= 4 is 21.6 Å². The number of rotatable bonds is 6. The van der Waals surface area contributed by atoms with Crippen LogP contribution in [0.3, 0.4) is 0 Å². The number of nitrogens with zero attached hydrogens (tertiary/aromatic N) is 1. The van der Waals surface area contributed by atoms with Gasteiger partial charge in [0.25, 0.3) is 0 Å². The monoisotopic (exact) mass is 326 g/mol. The molecule has 0 spiro atoms. The fourth-order valence-electron chi connectivity index (χ4n) is 2.40. The second-order valence-electron chi connectivity index (χ2n) is 5.55. The van der Waals surface area contributed by atoms with Crippen molar-refractivity contribution in [3.63, 3.8) is 0 Å². The summed E-state index contributed by atoms with van der Waals surface area (Å²) in [6.45, 7) is 2.79. The van der Waals surface area contributed by atoms with E-state index in [4.69, 9.17) is 4.74 Å². The van der Waals surface area contributed by atoms with Crippen molar-refractivity contribution in [2.45, 2.75) is 25.9 Å². The number of aryl methyl sites for hydroxylation is 1. The molecule has 22 heavy (non-hydrogen) atoms. The summed E-state index contributed by atoms with van der Waals surface area (Å²) >= 11 is 0. The molecule has 2 rings (SSSR count). The number of anilines is 1. The van der Waals surface area contributed by atoms with Crippen molar-refractivity contribution in [1.82, 2.24) is 5.32 Å². The van der Waals surface area contributed by atoms with Gasteiger partial charge in [-0.25, -0.2) is 8.42 Å². The van der Waals surface area contributed by atoms with E-state index in [1.807, 2.05) is 13.0 Å². The maximum absolute atomic E-state index is 12.0. The molecule has 1 atom stereocenters. The fraction of sp³-hybridized carbons (Fsp3) is 0.533. The zero-order valence-electron chi connectivity index (χ0n) is 12.9. The third kappa shape index (κ3) is 4.71. The average molecular weight is 326 g/mol. The van der Waals surface area contributed by atoms with Crippen LogP contribution in [0, 0.1) is 6.92 Å². The molecule has 1 saturated heterocycles. The fourth-order valence-corrected chi connectivity index (χ4v) is 3.25. The summed E-state index contributed by atoms with van der Waals surface area (Å²) in [6, 6.07) is 7.07. The number of sulfonamides is 1. The highest BCUT2D eigenvalue weighted by Gasteiger charge is 2.22. The van der Waals surface area contributed by atoms with E-state index in [1.165, 1.54) is 0 Å². The first-order chi connectivity index (χ1) is 10.4. The van der Waals surface area contributed by atoms with Crippen molar-refractivity contribution in [1.29, 1.82) is 0 Å². The first-order valence-electron chi connectivity index (χ1n) is 7.29. The van der Waals surface area contributed by atoms with Crippen molar-refractivity contribution < 1.29 is 17.9 Å². The van der Waals surface area contributed by atoms with Crippen LogP contribution in [0.4, 0.5) is 5.69 Å². The van der Waals surface area contributed by atoms with Crippen molar-refractivity contribution in [2.24, 2.45) is 0 Å². The van der Waals surface area contributed by atoms with Gasteiger partial charge in [-0.15, -0.1) is 0 Å². The molecule has 6 nitrogen and oxygen atoms in total. The zero-order chi connectivity index (χ0) is 16.2. The van der Waals surface area contributed by atoms with Crippen molar-refractivity contribution in [3.05, 3.63) is 29.8 Å². The van der Waals surface area contributed by atoms with Gasteiger partial charge in [-0.1, -0.05) is 12.1 Å². The van der Waals surface area contributed by atoms with Gasteiger partial charge in [-0.3, -0.25) is 9.10 Å². The van der Waals surface area contributed by atoms with Crippen LogP contribution in [-0.2, 0) is 19.6 Å². The van der Waals surface area contributed by atoms with E-state index in [2.05, 4.69) is 5.32 Å². The minimum absolute atomic E-state index is 0.0367. The van der Waals surface area contributed by atoms with Crippen LogP contribution in [0.5, 0.6) is 0 Å². The Labute approximate surface area is 131 Å². The molecule has 7 heteroatoms. The van der Waals surface area contributed by atoms with Gasteiger partial charge < -0.3 is 10.1 Å². The molecule has 0 saturated carbocycles. The Morgan fingerprint density at radius 3 is 2.82 bits per heavy atom. The molecule has 1 aliphatic heterocycles. The lowest BCUT2D eigenvalue weighted by Gasteiger charge is -2.22. The first kappa shape index (κ1) is 16.8. The molecule has 122 valence electrons. The molecule has 0 aromatic heterocycles. The van der Waals surface area contributed by atoms with Gasteiger partial charge >= 0.3 is 0 Å². The molecule has 1 aromatic rings. The summed E-state index contributed by atoms with van der Waals surface area (Å²) in [7, 11) is -3.53. The Hall–Kier alpha value is -1.60. The van der Waals surface area contributed by atoms with Gasteiger partial charge in [0.2, 0.25) is 15.9 Å². The lowest BCUT2D eigenvalue weighted by Crippen LogP contribution is -2.42. The summed E-state index contributed by atoms with van der Waals surface area (Å²) in [4.78, 5) is 12.0. The predicted molar refractivity (Wildman–Crippen MR) is 85.4 cm³/mol. The number of ether oxygens (including phenoxy) is 1. The number of hydrogen-bond acceptors (Lipinski definition) is 4. The third-order valence-corrected chi connectivity index (χ3v) is 4.67. The lowest BCUT2D eigenvalue weighted by atomic mass is 10.2. The van der Waals surface area contributed by atoms with E-state index in [-0.39, 0.29) is 18.6 Å².